The number of amides is 1. The van der Waals surface area contributed by atoms with E-state index in [0.717, 1.165) is 28.8 Å². The maximum Gasteiger partial charge on any atom is 0.251 e. The summed E-state index contributed by atoms with van der Waals surface area (Å²) < 4.78 is 19.0. The Kier molecular flexibility index (Phi) is 8.46. The second-order valence-electron chi connectivity index (χ2n) is 8.65. The molecule has 0 aliphatic carbocycles. The molecule has 7 heteroatoms. The molecule has 0 aliphatic rings. The van der Waals surface area contributed by atoms with Gasteiger partial charge >= 0.3 is 0 Å². The van der Waals surface area contributed by atoms with Gasteiger partial charge in [0.1, 0.15) is 11.6 Å². The zero-order chi connectivity index (χ0) is 26.2. The van der Waals surface area contributed by atoms with E-state index in [9.17, 15) is 4.79 Å². The zero-order valence-corrected chi connectivity index (χ0v) is 21.7. The largest absolute Gasteiger partial charge is 0.497 e. The molecule has 0 aliphatic heterocycles. The molecular weight excluding hydrogens is 466 g/mol. The highest BCUT2D eigenvalue weighted by Crippen LogP contribution is 2.29. The molecule has 0 spiro atoms. The average molecular weight is 500 g/mol. The molecule has 0 bridgehead atoms. The molecule has 1 aromatic heterocycles. The molecule has 192 valence electrons. The lowest BCUT2D eigenvalue weighted by Crippen LogP contribution is -2.29. The second-order valence-corrected chi connectivity index (χ2v) is 8.65. The molecule has 4 rings (SSSR count). The highest BCUT2D eigenvalue weighted by atomic mass is 16.5. The minimum Gasteiger partial charge on any atom is -0.497 e. The van der Waals surface area contributed by atoms with Crippen molar-refractivity contribution >= 4 is 23.0 Å². The lowest BCUT2D eigenvalue weighted by Gasteiger charge is -2.17. The summed E-state index contributed by atoms with van der Waals surface area (Å²) in [7, 11) is 3.23. The molecular formula is C30H33N3O4. The van der Waals surface area contributed by atoms with Gasteiger partial charge < -0.3 is 24.1 Å². The van der Waals surface area contributed by atoms with Crippen molar-refractivity contribution in [3.8, 4) is 17.2 Å². The molecule has 1 N–H and O–H groups in total. The van der Waals surface area contributed by atoms with Crippen LogP contribution in [0.25, 0.3) is 17.1 Å². The third kappa shape index (κ3) is 6.12. The maximum absolute atomic E-state index is 12.9. The van der Waals surface area contributed by atoms with E-state index in [-0.39, 0.29) is 11.9 Å². The first-order valence-electron chi connectivity index (χ1n) is 12.4. The minimum atomic E-state index is -0.300. The number of ether oxygens (including phenoxy) is 3. The Morgan fingerprint density at radius 1 is 1.03 bits per heavy atom. The molecule has 0 radical (unpaired) electrons. The third-order valence-corrected chi connectivity index (χ3v) is 6.08. The number of para-hydroxylation sites is 2. The van der Waals surface area contributed by atoms with Crippen LogP contribution < -0.4 is 19.5 Å². The van der Waals surface area contributed by atoms with Gasteiger partial charge in [-0.1, -0.05) is 36.4 Å². The highest BCUT2D eigenvalue weighted by Gasteiger charge is 2.19. The molecule has 7 nitrogen and oxygen atoms in total. The van der Waals surface area contributed by atoms with Crippen LogP contribution in [0, 0.1) is 0 Å². The first-order chi connectivity index (χ1) is 18.0. The van der Waals surface area contributed by atoms with Gasteiger partial charge in [-0.3, -0.25) is 4.79 Å². The number of carbonyl (C=O) groups is 1. The van der Waals surface area contributed by atoms with Crippen LogP contribution >= 0.6 is 0 Å². The summed E-state index contributed by atoms with van der Waals surface area (Å²) in [6.07, 6.45) is 4.76. The monoisotopic (exact) mass is 499 g/mol. The predicted molar refractivity (Wildman–Crippen MR) is 146 cm³/mol. The van der Waals surface area contributed by atoms with E-state index in [1.807, 2.05) is 74.5 Å². The average Bonchev–Trinajstić information content (AvgIpc) is 3.30. The molecule has 0 saturated heterocycles. The first-order valence-corrected chi connectivity index (χ1v) is 12.4. The van der Waals surface area contributed by atoms with Crippen LogP contribution in [-0.4, -0.2) is 36.3 Å². The Balaban J connectivity index is 1.47. The second kappa shape index (κ2) is 12.1. The van der Waals surface area contributed by atoms with Crippen LogP contribution in [0.2, 0.25) is 0 Å². The number of nitrogens with zero attached hydrogens (tertiary/aromatic N) is 2. The fourth-order valence-corrected chi connectivity index (χ4v) is 4.27. The predicted octanol–water partition coefficient (Wildman–Crippen LogP) is 6.05. The summed E-state index contributed by atoms with van der Waals surface area (Å²) in [5.74, 6) is 2.68. The topological polar surface area (TPSA) is 74.6 Å². The van der Waals surface area contributed by atoms with E-state index >= 15 is 0 Å². The lowest BCUT2D eigenvalue weighted by atomic mass is 10.2. The highest BCUT2D eigenvalue weighted by molar-refractivity contribution is 5.94. The van der Waals surface area contributed by atoms with Gasteiger partial charge in [-0.05, 0) is 68.3 Å². The number of aryl methyl sites for hydroxylation is 1. The molecule has 1 unspecified atom stereocenters. The number of nitrogens with one attached hydrogen (secondary N) is 1. The number of methoxy groups -OCH3 is 2. The minimum absolute atomic E-state index is 0.179. The van der Waals surface area contributed by atoms with Crippen LogP contribution in [0.4, 0.5) is 0 Å². The van der Waals surface area contributed by atoms with Gasteiger partial charge in [0.05, 0.1) is 37.9 Å². The van der Waals surface area contributed by atoms with Crippen molar-refractivity contribution < 1.29 is 19.0 Å². The molecule has 4 aromatic rings. The van der Waals surface area contributed by atoms with E-state index in [1.165, 1.54) is 0 Å². The molecule has 0 fully saturated rings. The van der Waals surface area contributed by atoms with E-state index in [0.29, 0.717) is 36.0 Å². The van der Waals surface area contributed by atoms with Crippen molar-refractivity contribution in [3.05, 3.63) is 89.8 Å². The third-order valence-electron chi connectivity index (χ3n) is 6.08. The fraction of sp³-hybridized carbons (Fsp3) is 0.267. The van der Waals surface area contributed by atoms with E-state index in [2.05, 4.69) is 9.88 Å². The Morgan fingerprint density at radius 2 is 1.86 bits per heavy atom. The van der Waals surface area contributed by atoms with E-state index < -0.39 is 0 Å². The van der Waals surface area contributed by atoms with E-state index in [1.54, 1.807) is 32.4 Å². The van der Waals surface area contributed by atoms with Gasteiger partial charge in [0, 0.05) is 12.1 Å². The normalized spacial score (nSPS) is 12.0. The maximum atomic E-state index is 12.9. The first kappa shape index (κ1) is 25.8. The van der Waals surface area contributed by atoms with Crippen molar-refractivity contribution in [1.29, 1.82) is 0 Å². The summed E-state index contributed by atoms with van der Waals surface area (Å²) in [5, 5.41) is 3.08. The summed E-state index contributed by atoms with van der Waals surface area (Å²) in [4.78, 5) is 17.8. The van der Waals surface area contributed by atoms with Crippen LogP contribution in [0.3, 0.4) is 0 Å². The van der Waals surface area contributed by atoms with Crippen molar-refractivity contribution in [2.24, 2.45) is 0 Å². The fourth-order valence-electron chi connectivity index (χ4n) is 4.27. The molecule has 1 heterocycles. The summed E-state index contributed by atoms with van der Waals surface area (Å²) in [6.45, 7) is 5.13. The van der Waals surface area contributed by atoms with Gasteiger partial charge in [-0.15, -0.1) is 0 Å². The lowest BCUT2D eigenvalue weighted by molar-refractivity contribution is 0.0937. The van der Waals surface area contributed by atoms with E-state index in [4.69, 9.17) is 19.2 Å². The number of allylic oxidation sites excluding steroid dienone is 1. The van der Waals surface area contributed by atoms with Crippen molar-refractivity contribution in [3.63, 3.8) is 0 Å². The van der Waals surface area contributed by atoms with Crippen LogP contribution in [0.15, 0.2) is 72.8 Å². The van der Waals surface area contributed by atoms with Gasteiger partial charge in [0.25, 0.3) is 5.91 Å². The van der Waals surface area contributed by atoms with Crippen molar-refractivity contribution in [2.45, 2.75) is 32.9 Å². The van der Waals surface area contributed by atoms with Crippen LogP contribution in [0.1, 0.15) is 48.1 Å². The number of aromatic nitrogens is 2. The zero-order valence-electron chi connectivity index (χ0n) is 21.7. The van der Waals surface area contributed by atoms with Gasteiger partial charge in [-0.25, -0.2) is 4.98 Å². The number of hydrogen-bond acceptors (Lipinski definition) is 5. The van der Waals surface area contributed by atoms with Crippen molar-refractivity contribution in [1.82, 2.24) is 14.9 Å². The smallest absolute Gasteiger partial charge is 0.251 e. The number of benzene rings is 3. The molecule has 1 amide bonds. The summed E-state index contributed by atoms with van der Waals surface area (Å²) >= 11 is 0. The van der Waals surface area contributed by atoms with Gasteiger partial charge in [0.2, 0.25) is 0 Å². The Morgan fingerprint density at radius 3 is 2.65 bits per heavy atom. The van der Waals surface area contributed by atoms with Crippen LogP contribution in [0.5, 0.6) is 17.2 Å². The van der Waals surface area contributed by atoms with Crippen molar-refractivity contribution in [2.75, 3.05) is 20.8 Å². The summed E-state index contributed by atoms with van der Waals surface area (Å²) in [6, 6.07) is 20.7. The Bertz CT molecular complexity index is 1390. The molecule has 0 saturated carbocycles. The standard InChI is InChI=1S/C30H33N3O4/c1-5-10-22-15-16-27(28(19-22)36-4)37-18-9-17-33-26-14-7-6-13-25(26)32-29(33)21(2)31-30(34)23-11-8-12-24(20-23)35-3/h5-8,10-16,19-21H,9,17-18H2,1-4H3,(H,31,34)/b10-5+. The molecule has 37 heavy (non-hydrogen) atoms. The van der Waals surface area contributed by atoms with Crippen LogP contribution in [-0.2, 0) is 6.54 Å². The Hall–Kier alpha value is -4.26. The summed E-state index contributed by atoms with van der Waals surface area (Å²) in [5.41, 5.74) is 3.51. The molecule has 3 aromatic carbocycles. The molecule has 1 atom stereocenters. The van der Waals surface area contributed by atoms with Gasteiger partial charge in [0.15, 0.2) is 11.5 Å². The SMILES string of the molecule is C/C=C/c1ccc(OCCCn2c(C(C)NC(=O)c3cccc(OC)c3)nc3ccccc32)c(OC)c1. The Labute approximate surface area is 217 Å². The number of rotatable bonds is 11. The number of imidazole rings is 1. The quantitative estimate of drug-likeness (QED) is 0.254. The number of fused-ring (bicyclic) bond motifs is 1. The number of hydrogen-bond donors (Lipinski definition) is 1. The van der Waals surface area contributed by atoms with Gasteiger partial charge in [-0.2, -0.15) is 0 Å². The number of carbonyl (C=O) groups excluding carboxylic acids is 1.